The standard InChI is InChI=1S/C23H23F3N6O3S/c1-13-6-4-9-18(32(2)36(3,34)35)15(13)11-27-21-16(23(24,25)26)12-28-22(31-21)29-17-8-5-7-14-10-19(33)30-20(14)17/h4-9,12H,10-11H2,1-3H3,(H,30,33)(H2,27,28,29,31). The van der Waals surface area contributed by atoms with Crippen molar-refractivity contribution >= 4 is 44.8 Å². The number of aryl methyl sites for hydroxylation is 1. The van der Waals surface area contributed by atoms with Crippen LogP contribution in [0.3, 0.4) is 0 Å². The van der Waals surface area contributed by atoms with Crippen molar-refractivity contribution in [3.05, 3.63) is 64.8 Å². The van der Waals surface area contributed by atoms with Gasteiger partial charge in [-0.05, 0) is 35.7 Å². The summed E-state index contributed by atoms with van der Waals surface area (Å²) in [5.41, 5.74) is 2.15. The lowest BCUT2D eigenvalue weighted by Crippen LogP contribution is -2.26. The fraction of sp³-hybridized carbons (Fsp3) is 0.261. The average molecular weight is 521 g/mol. The third kappa shape index (κ3) is 5.20. The van der Waals surface area contributed by atoms with Gasteiger partial charge in [-0.15, -0.1) is 0 Å². The number of nitrogens with one attached hydrogen (secondary N) is 3. The Kier molecular flexibility index (Phi) is 6.52. The summed E-state index contributed by atoms with van der Waals surface area (Å²) in [4.78, 5) is 19.6. The fourth-order valence-corrected chi connectivity index (χ4v) is 4.35. The smallest absolute Gasteiger partial charge is 0.365 e. The zero-order valence-corrected chi connectivity index (χ0v) is 20.4. The number of carbonyl (C=O) groups is 1. The van der Waals surface area contributed by atoms with Crippen molar-refractivity contribution in [3.8, 4) is 0 Å². The molecule has 2 aromatic carbocycles. The maximum Gasteiger partial charge on any atom is 0.421 e. The lowest BCUT2D eigenvalue weighted by Gasteiger charge is -2.22. The molecule has 0 saturated carbocycles. The number of nitrogens with zero attached hydrogens (tertiary/aromatic N) is 3. The fourth-order valence-electron chi connectivity index (χ4n) is 3.82. The lowest BCUT2D eigenvalue weighted by molar-refractivity contribution is -0.137. The highest BCUT2D eigenvalue weighted by Gasteiger charge is 2.35. The first kappa shape index (κ1) is 25.2. The number of hydrogen-bond donors (Lipinski definition) is 3. The van der Waals surface area contributed by atoms with Crippen molar-refractivity contribution in [2.45, 2.75) is 26.1 Å². The number of amides is 1. The normalized spacial score (nSPS) is 13.2. The first-order valence-corrected chi connectivity index (χ1v) is 12.6. The van der Waals surface area contributed by atoms with Crippen molar-refractivity contribution in [1.82, 2.24) is 9.97 Å². The molecule has 1 aliphatic rings. The Bertz CT molecular complexity index is 1440. The van der Waals surface area contributed by atoms with Crippen LogP contribution in [0.1, 0.15) is 22.3 Å². The molecule has 1 amide bonds. The molecule has 13 heteroatoms. The third-order valence-corrected chi connectivity index (χ3v) is 6.95. The molecule has 2 heterocycles. The van der Waals surface area contributed by atoms with Crippen LogP contribution in [0.4, 0.5) is 42.0 Å². The molecule has 1 aromatic heterocycles. The molecule has 0 atom stereocenters. The zero-order valence-electron chi connectivity index (χ0n) is 19.6. The van der Waals surface area contributed by atoms with Gasteiger partial charge in [-0.25, -0.2) is 13.4 Å². The van der Waals surface area contributed by atoms with E-state index in [-0.39, 0.29) is 24.8 Å². The number of anilines is 5. The van der Waals surface area contributed by atoms with Crippen LogP contribution >= 0.6 is 0 Å². The molecule has 3 aromatic rings. The molecule has 0 unspecified atom stereocenters. The van der Waals surface area contributed by atoms with Crippen molar-refractivity contribution in [1.29, 1.82) is 0 Å². The Labute approximate surface area is 205 Å². The number of hydrogen-bond acceptors (Lipinski definition) is 7. The van der Waals surface area contributed by atoms with Crippen molar-refractivity contribution in [3.63, 3.8) is 0 Å². The molecule has 1 aliphatic heterocycles. The molecule has 0 saturated heterocycles. The van der Waals surface area contributed by atoms with Gasteiger partial charge >= 0.3 is 6.18 Å². The van der Waals surface area contributed by atoms with Gasteiger partial charge in [0, 0.05) is 19.8 Å². The monoisotopic (exact) mass is 520 g/mol. The number of alkyl halides is 3. The molecular weight excluding hydrogens is 497 g/mol. The van der Waals surface area contributed by atoms with E-state index in [1.807, 2.05) is 0 Å². The molecular formula is C23H23F3N6O3S. The lowest BCUT2D eigenvalue weighted by atomic mass is 10.1. The molecule has 0 radical (unpaired) electrons. The largest absolute Gasteiger partial charge is 0.421 e. The zero-order chi connectivity index (χ0) is 26.3. The summed E-state index contributed by atoms with van der Waals surface area (Å²) in [6, 6.07) is 10.1. The molecule has 0 bridgehead atoms. The van der Waals surface area contributed by atoms with E-state index in [1.165, 1.54) is 7.05 Å². The highest BCUT2D eigenvalue weighted by atomic mass is 32.2. The molecule has 36 heavy (non-hydrogen) atoms. The quantitative estimate of drug-likeness (QED) is 0.430. The highest BCUT2D eigenvalue weighted by molar-refractivity contribution is 7.92. The summed E-state index contributed by atoms with van der Waals surface area (Å²) in [7, 11) is -2.23. The Balaban J connectivity index is 1.67. The van der Waals surface area contributed by atoms with E-state index in [9.17, 15) is 26.4 Å². The summed E-state index contributed by atoms with van der Waals surface area (Å²) in [5, 5.41) is 8.29. The summed E-state index contributed by atoms with van der Waals surface area (Å²) < 4.78 is 66.4. The number of halogens is 3. The number of sulfonamides is 1. The summed E-state index contributed by atoms with van der Waals surface area (Å²) in [5.74, 6) is -0.783. The number of fused-ring (bicyclic) bond motifs is 1. The molecule has 0 spiro atoms. The Morgan fingerprint density at radius 1 is 1.17 bits per heavy atom. The maximum atomic E-state index is 13.7. The Morgan fingerprint density at radius 3 is 2.58 bits per heavy atom. The highest BCUT2D eigenvalue weighted by Crippen LogP contribution is 2.36. The molecule has 0 fully saturated rings. The van der Waals surface area contributed by atoms with E-state index in [0.717, 1.165) is 16.1 Å². The molecule has 4 rings (SSSR count). The summed E-state index contributed by atoms with van der Waals surface area (Å²) >= 11 is 0. The topological polar surface area (TPSA) is 116 Å². The Hall–Kier alpha value is -3.87. The van der Waals surface area contributed by atoms with Crippen LogP contribution in [0.2, 0.25) is 0 Å². The van der Waals surface area contributed by atoms with Gasteiger partial charge in [-0.3, -0.25) is 9.10 Å². The number of aromatic nitrogens is 2. The van der Waals surface area contributed by atoms with Gasteiger partial charge < -0.3 is 16.0 Å². The third-order valence-electron chi connectivity index (χ3n) is 5.76. The minimum Gasteiger partial charge on any atom is -0.365 e. The number of benzene rings is 2. The predicted octanol–water partition coefficient (Wildman–Crippen LogP) is 4.05. The van der Waals surface area contributed by atoms with E-state index in [2.05, 4.69) is 25.9 Å². The van der Waals surface area contributed by atoms with E-state index in [1.54, 1.807) is 43.3 Å². The van der Waals surface area contributed by atoms with E-state index >= 15 is 0 Å². The summed E-state index contributed by atoms with van der Waals surface area (Å²) in [6.45, 7) is 1.61. The van der Waals surface area contributed by atoms with Gasteiger partial charge in [0.25, 0.3) is 0 Å². The molecule has 190 valence electrons. The molecule has 3 N–H and O–H groups in total. The molecule has 9 nitrogen and oxygen atoms in total. The van der Waals surface area contributed by atoms with Crippen LogP contribution < -0.4 is 20.3 Å². The second-order valence-corrected chi connectivity index (χ2v) is 10.3. The van der Waals surface area contributed by atoms with Crippen molar-refractivity contribution in [2.75, 3.05) is 33.6 Å². The maximum absolute atomic E-state index is 13.7. The SMILES string of the molecule is Cc1cccc(N(C)S(C)(=O)=O)c1CNc1nc(Nc2cccc3c2NC(=O)C3)ncc1C(F)(F)F. The first-order chi connectivity index (χ1) is 16.8. The van der Waals surface area contributed by atoms with Crippen LogP contribution in [0.5, 0.6) is 0 Å². The predicted molar refractivity (Wildman–Crippen MR) is 131 cm³/mol. The van der Waals surface area contributed by atoms with Crippen molar-refractivity contribution in [2.24, 2.45) is 0 Å². The van der Waals surface area contributed by atoms with Crippen LogP contribution in [0.15, 0.2) is 42.6 Å². The summed E-state index contributed by atoms with van der Waals surface area (Å²) in [6.07, 6.45) is -2.83. The van der Waals surface area contributed by atoms with Gasteiger partial charge in [0.2, 0.25) is 21.9 Å². The minimum absolute atomic E-state index is 0.113. The van der Waals surface area contributed by atoms with Crippen molar-refractivity contribution < 1.29 is 26.4 Å². The van der Waals surface area contributed by atoms with Gasteiger partial charge in [0.15, 0.2) is 0 Å². The number of para-hydroxylation sites is 1. The van der Waals surface area contributed by atoms with Crippen LogP contribution in [-0.2, 0) is 34.0 Å². The number of rotatable bonds is 7. The second-order valence-electron chi connectivity index (χ2n) is 8.30. The van der Waals surface area contributed by atoms with Crippen LogP contribution in [-0.4, -0.2) is 37.6 Å². The molecule has 0 aliphatic carbocycles. The minimum atomic E-state index is -4.74. The van der Waals surface area contributed by atoms with Gasteiger partial charge in [-0.2, -0.15) is 18.2 Å². The number of carbonyl (C=O) groups excluding carboxylic acids is 1. The van der Waals surface area contributed by atoms with E-state index in [4.69, 9.17) is 0 Å². The van der Waals surface area contributed by atoms with Gasteiger partial charge in [-0.1, -0.05) is 24.3 Å². The van der Waals surface area contributed by atoms with Gasteiger partial charge in [0.1, 0.15) is 11.4 Å². The van der Waals surface area contributed by atoms with Gasteiger partial charge in [0.05, 0.1) is 29.7 Å². The van der Waals surface area contributed by atoms with Crippen LogP contribution in [0.25, 0.3) is 0 Å². The van der Waals surface area contributed by atoms with E-state index < -0.39 is 27.6 Å². The first-order valence-electron chi connectivity index (χ1n) is 10.7. The average Bonchev–Trinajstić information content (AvgIpc) is 3.17. The van der Waals surface area contributed by atoms with Crippen LogP contribution in [0, 0.1) is 6.92 Å². The second kappa shape index (κ2) is 9.30. The van der Waals surface area contributed by atoms with E-state index in [0.29, 0.717) is 34.4 Å². The Morgan fingerprint density at radius 2 is 1.89 bits per heavy atom.